The van der Waals surface area contributed by atoms with E-state index in [9.17, 15) is 4.79 Å². The minimum atomic E-state index is -0.192. The van der Waals surface area contributed by atoms with Crippen molar-refractivity contribution < 1.29 is 9.53 Å². The smallest absolute Gasteiger partial charge is 0.313 e. The highest BCUT2D eigenvalue weighted by Gasteiger charge is 2.11. The minimum Gasteiger partial charge on any atom is -0.426 e. The van der Waals surface area contributed by atoms with E-state index in [2.05, 4.69) is 35.6 Å². The molecule has 0 spiro atoms. The molecule has 0 N–H and O–H groups in total. The predicted octanol–water partition coefficient (Wildman–Crippen LogP) is 3.93. The first-order chi connectivity index (χ1) is 11.0. The summed E-state index contributed by atoms with van der Waals surface area (Å²) in [5.74, 6) is 0.309. The molecule has 0 fully saturated rings. The van der Waals surface area contributed by atoms with Crippen LogP contribution in [-0.2, 0) is 11.3 Å². The van der Waals surface area contributed by atoms with Crippen LogP contribution in [0, 0.1) is 5.92 Å². The maximum atomic E-state index is 11.8. The van der Waals surface area contributed by atoms with E-state index in [1.165, 1.54) is 11.8 Å². The van der Waals surface area contributed by atoms with Gasteiger partial charge in [0.1, 0.15) is 5.75 Å². The Bertz CT molecular complexity index is 646. The van der Waals surface area contributed by atoms with Crippen molar-refractivity contribution in [1.29, 1.82) is 0 Å². The number of likely N-dealkylation sites (N-methyl/N-ethyl adjacent to an activating group) is 1. The number of ether oxygens (including phenoxy) is 1. The van der Waals surface area contributed by atoms with Gasteiger partial charge in [0.05, 0.1) is 11.4 Å². The third kappa shape index (κ3) is 4.58. The van der Waals surface area contributed by atoms with Gasteiger partial charge in [0.2, 0.25) is 0 Å². The van der Waals surface area contributed by atoms with Crippen LogP contribution < -0.4 is 4.74 Å². The quantitative estimate of drug-likeness (QED) is 0.546. The van der Waals surface area contributed by atoms with Crippen molar-refractivity contribution in [2.45, 2.75) is 40.7 Å². The molecule has 0 bridgehead atoms. The van der Waals surface area contributed by atoms with Crippen molar-refractivity contribution in [3.8, 4) is 5.75 Å². The van der Waals surface area contributed by atoms with Crippen LogP contribution in [0.4, 0.5) is 0 Å². The number of rotatable bonds is 8. The molecule has 0 amide bonds. The first kappa shape index (κ1) is 17.5. The lowest BCUT2D eigenvalue weighted by atomic mass is 10.2. The van der Waals surface area contributed by atoms with Crippen molar-refractivity contribution >= 4 is 16.9 Å². The average Bonchev–Trinajstić information content (AvgIpc) is 2.93. The first-order valence-corrected chi connectivity index (χ1v) is 8.58. The molecule has 0 atom stereocenters. The number of hydrogen-bond acceptors (Lipinski definition) is 3. The number of hydrogen-bond donors (Lipinski definition) is 0. The van der Waals surface area contributed by atoms with Crippen LogP contribution in [0.15, 0.2) is 30.5 Å². The van der Waals surface area contributed by atoms with E-state index in [0.29, 0.717) is 5.75 Å². The van der Waals surface area contributed by atoms with Gasteiger partial charge in [0.25, 0.3) is 0 Å². The Labute approximate surface area is 139 Å². The molecule has 0 radical (unpaired) electrons. The normalized spacial score (nSPS) is 11.6. The highest BCUT2D eigenvalue weighted by atomic mass is 16.5. The molecule has 0 aliphatic rings. The van der Waals surface area contributed by atoms with Crippen LogP contribution >= 0.6 is 0 Å². The Morgan fingerprint density at radius 3 is 2.65 bits per heavy atom. The summed E-state index contributed by atoms with van der Waals surface area (Å²) in [5.41, 5.74) is 1.12. The molecule has 2 rings (SSSR count). The van der Waals surface area contributed by atoms with Gasteiger partial charge in [-0.15, -0.1) is 0 Å². The van der Waals surface area contributed by atoms with Gasteiger partial charge in [-0.1, -0.05) is 27.7 Å². The highest BCUT2D eigenvalue weighted by molar-refractivity contribution is 5.83. The van der Waals surface area contributed by atoms with Gasteiger partial charge < -0.3 is 14.2 Å². The van der Waals surface area contributed by atoms with Gasteiger partial charge in [0.15, 0.2) is 0 Å². The van der Waals surface area contributed by atoms with Crippen LogP contribution in [0.5, 0.6) is 5.75 Å². The number of benzene rings is 1. The molecule has 23 heavy (non-hydrogen) atoms. The monoisotopic (exact) mass is 316 g/mol. The molecule has 0 aliphatic heterocycles. The molecule has 4 nitrogen and oxygen atoms in total. The molecule has 1 aromatic heterocycles. The third-order valence-electron chi connectivity index (χ3n) is 4.08. The largest absolute Gasteiger partial charge is 0.426 e. The van der Waals surface area contributed by atoms with Crippen LogP contribution in [0.3, 0.4) is 0 Å². The fourth-order valence-electron chi connectivity index (χ4n) is 2.65. The van der Waals surface area contributed by atoms with Gasteiger partial charge in [0, 0.05) is 25.4 Å². The van der Waals surface area contributed by atoms with Crippen LogP contribution in [-0.4, -0.2) is 35.1 Å². The molecule has 4 heteroatoms. The number of carbonyl (C=O) groups is 1. The van der Waals surface area contributed by atoms with Crippen LogP contribution in [0.2, 0.25) is 0 Å². The van der Waals surface area contributed by atoms with Gasteiger partial charge in [-0.25, -0.2) is 0 Å². The summed E-state index contributed by atoms with van der Waals surface area (Å²) in [4.78, 5) is 14.2. The van der Waals surface area contributed by atoms with Crippen LogP contribution in [0.25, 0.3) is 10.9 Å². The second kappa shape index (κ2) is 8.16. The second-order valence-corrected chi connectivity index (χ2v) is 6.24. The second-order valence-electron chi connectivity index (χ2n) is 6.24. The summed E-state index contributed by atoms with van der Waals surface area (Å²) in [6, 6.07) is 7.95. The first-order valence-electron chi connectivity index (χ1n) is 8.58. The third-order valence-corrected chi connectivity index (χ3v) is 4.08. The zero-order valence-electron chi connectivity index (χ0n) is 14.7. The number of esters is 1. The number of carbonyl (C=O) groups excluding carboxylic acids is 1. The predicted molar refractivity (Wildman–Crippen MR) is 94.8 cm³/mol. The molecule has 0 saturated carbocycles. The lowest BCUT2D eigenvalue weighted by Crippen LogP contribution is -2.27. The van der Waals surface area contributed by atoms with E-state index < -0.39 is 0 Å². The number of nitrogens with zero attached hydrogens (tertiary/aromatic N) is 2. The lowest BCUT2D eigenvalue weighted by Gasteiger charge is -2.20. The van der Waals surface area contributed by atoms with Crippen molar-refractivity contribution in [2.75, 3.05) is 19.6 Å². The average molecular weight is 316 g/mol. The van der Waals surface area contributed by atoms with Gasteiger partial charge in [-0.3, -0.25) is 4.79 Å². The Balaban J connectivity index is 2.13. The zero-order chi connectivity index (χ0) is 16.8. The van der Waals surface area contributed by atoms with Crippen molar-refractivity contribution in [1.82, 2.24) is 9.47 Å². The molecule has 1 aromatic carbocycles. The number of fused-ring (bicyclic) bond motifs is 1. The summed E-state index contributed by atoms with van der Waals surface area (Å²) in [6.07, 6.45) is 3.29. The van der Waals surface area contributed by atoms with Crippen LogP contribution in [0.1, 0.15) is 34.1 Å². The van der Waals surface area contributed by atoms with Crippen molar-refractivity contribution in [3.05, 3.63) is 30.5 Å². The van der Waals surface area contributed by atoms with E-state index in [1.807, 2.05) is 32.0 Å². The molecular formula is C19H28N2O2. The van der Waals surface area contributed by atoms with Gasteiger partial charge in [-0.05, 0) is 43.1 Å². The highest BCUT2D eigenvalue weighted by Crippen LogP contribution is 2.23. The Morgan fingerprint density at radius 1 is 1.22 bits per heavy atom. The summed E-state index contributed by atoms with van der Waals surface area (Å²) in [6.45, 7) is 12.3. The Kier molecular flexibility index (Phi) is 6.22. The van der Waals surface area contributed by atoms with E-state index >= 15 is 0 Å². The van der Waals surface area contributed by atoms with Gasteiger partial charge in [-0.2, -0.15) is 0 Å². The molecule has 0 saturated heterocycles. The Morgan fingerprint density at radius 2 is 2.00 bits per heavy atom. The summed E-state index contributed by atoms with van der Waals surface area (Å²) in [5, 5.41) is 1.17. The van der Waals surface area contributed by atoms with E-state index in [0.717, 1.165) is 31.7 Å². The van der Waals surface area contributed by atoms with E-state index in [-0.39, 0.29) is 11.9 Å². The fraction of sp³-hybridized carbons (Fsp3) is 0.526. The molecule has 126 valence electrons. The van der Waals surface area contributed by atoms with Gasteiger partial charge >= 0.3 is 5.97 Å². The topological polar surface area (TPSA) is 34.5 Å². The number of aromatic nitrogens is 1. The van der Waals surface area contributed by atoms with E-state index in [4.69, 9.17) is 4.74 Å². The zero-order valence-corrected chi connectivity index (χ0v) is 14.7. The van der Waals surface area contributed by atoms with Crippen molar-refractivity contribution in [3.63, 3.8) is 0 Å². The molecular weight excluding hydrogens is 288 g/mol. The molecule has 0 aliphatic carbocycles. The summed E-state index contributed by atoms with van der Waals surface area (Å²) >= 11 is 0. The SMILES string of the molecule is CCCN(CC)CCn1ccc2ccc(OC(=O)C(C)C)cc21. The van der Waals surface area contributed by atoms with Crippen molar-refractivity contribution in [2.24, 2.45) is 5.92 Å². The summed E-state index contributed by atoms with van der Waals surface area (Å²) in [7, 11) is 0. The maximum absolute atomic E-state index is 11.8. The fourth-order valence-corrected chi connectivity index (χ4v) is 2.65. The maximum Gasteiger partial charge on any atom is 0.313 e. The lowest BCUT2D eigenvalue weighted by molar-refractivity contribution is -0.137. The van der Waals surface area contributed by atoms with E-state index in [1.54, 1.807) is 0 Å². The molecule has 1 heterocycles. The summed E-state index contributed by atoms with van der Waals surface area (Å²) < 4.78 is 7.67. The Hall–Kier alpha value is -1.81. The molecule has 0 unspecified atom stereocenters. The minimum absolute atomic E-state index is 0.121. The molecule has 2 aromatic rings. The standard InChI is InChI=1S/C19H28N2O2/c1-5-10-20(6-2)12-13-21-11-9-16-7-8-17(14-18(16)21)23-19(22)15(3)4/h7-9,11,14-15H,5-6,10,12-13H2,1-4H3.